The highest BCUT2D eigenvalue weighted by atomic mass is 32.1. The van der Waals surface area contributed by atoms with Gasteiger partial charge in [-0.1, -0.05) is 24.4 Å². The molecule has 0 spiro atoms. The van der Waals surface area contributed by atoms with Crippen molar-refractivity contribution in [3.8, 4) is 0 Å². The summed E-state index contributed by atoms with van der Waals surface area (Å²) in [6.07, 6.45) is 0. The Morgan fingerprint density at radius 3 is 2.00 bits per heavy atom. The minimum absolute atomic E-state index is 0.136. The van der Waals surface area contributed by atoms with E-state index in [1.54, 1.807) is 24.3 Å². The molecule has 1 aromatic carbocycles. The molecule has 0 saturated carbocycles. The summed E-state index contributed by atoms with van der Waals surface area (Å²) in [5.74, 6) is -1.15. The van der Waals surface area contributed by atoms with Crippen LogP contribution in [0, 0.1) is 0 Å². The molecule has 0 atom stereocenters. The highest BCUT2D eigenvalue weighted by Crippen LogP contribution is 2.19. The molecule has 0 bridgehead atoms. The molecule has 0 fully saturated rings. The molecule has 0 aliphatic carbocycles. The minimum atomic E-state index is -0.575. The van der Waals surface area contributed by atoms with E-state index in [-0.39, 0.29) is 18.1 Å². The fourth-order valence-corrected chi connectivity index (χ4v) is 1.73. The smallest absolute Gasteiger partial charge is 0.236 e. The van der Waals surface area contributed by atoms with Gasteiger partial charge in [-0.3, -0.25) is 9.59 Å². The van der Waals surface area contributed by atoms with Crippen LogP contribution in [0.3, 0.4) is 0 Å². The lowest BCUT2D eigenvalue weighted by Crippen LogP contribution is -2.40. The van der Waals surface area contributed by atoms with Crippen LogP contribution in [0.25, 0.3) is 0 Å². The predicted octanol–water partition coefficient (Wildman–Crippen LogP) is -0.902. The van der Waals surface area contributed by atoms with E-state index in [4.69, 9.17) is 29.4 Å². The molecule has 18 heavy (non-hydrogen) atoms. The first-order chi connectivity index (χ1) is 8.41. The zero-order valence-electron chi connectivity index (χ0n) is 9.63. The van der Waals surface area contributed by atoms with Crippen LogP contribution in [-0.2, 0) is 9.59 Å². The molecule has 0 unspecified atom stereocenters. The van der Waals surface area contributed by atoms with E-state index >= 15 is 0 Å². The summed E-state index contributed by atoms with van der Waals surface area (Å²) in [6, 6.07) is 6.89. The molecule has 0 heterocycles. The lowest BCUT2D eigenvalue weighted by atomic mass is 10.1. The number of benzene rings is 1. The largest absolute Gasteiger partial charge is 0.389 e. The van der Waals surface area contributed by atoms with Crippen LogP contribution in [0.2, 0.25) is 0 Å². The van der Waals surface area contributed by atoms with Crippen LogP contribution < -0.4 is 22.1 Å². The molecule has 0 aliphatic heterocycles. The zero-order valence-corrected chi connectivity index (χ0v) is 10.4. The number of anilines is 1. The van der Waals surface area contributed by atoms with Gasteiger partial charge in [-0.15, -0.1) is 0 Å². The van der Waals surface area contributed by atoms with Gasteiger partial charge in [0.05, 0.1) is 13.1 Å². The number of para-hydroxylation sites is 1. The second-order valence-corrected chi connectivity index (χ2v) is 4.11. The fourth-order valence-electron chi connectivity index (χ4n) is 1.56. The van der Waals surface area contributed by atoms with Crippen LogP contribution in [0.1, 0.15) is 5.56 Å². The van der Waals surface area contributed by atoms with Crippen LogP contribution in [0.5, 0.6) is 0 Å². The van der Waals surface area contributed by atoms with E-state index in [2.05, 4.69) is 0 Å². The number of hydrogen-bond acceptors (Lipinski definition) is 4. The van der Waals surface area contributed by atoms with Crippen LogP contribution in [-0.4, -0.2) is 29.9 Å². The Labute approximate surface area is 110 Å². The Morgan fingerprint density at radius 1 is 1.06 bits per heavy atom. The molecular formula is C11H14N4O2S. The zero-order chi connectivity index (χ0) is 13.7. The number of nitrogens with zero attached hydrogens (tertiary/aromatic N) is 1. The Morgan fingerprint density at radius 2 is 1.56 bits per heavy atom. The summed E-state index contributed by atoms with van der Waals surface area (Å²) in [4.78, 5) is 23.6. The molecule has 96 valence electrons. The molecular weight excluding hydrogens is 252 g/mol. The van der Waals surface area contributed by atoms with Crippen molar-refractivity contribution in [3.05, 3.63) is 29.8 Å². The van der Waals surface area contributed by atoms with E-state index in [0.29, 0.717) is 11.3 Å². The van der Waals surface area contributed by atoms with Crippen molar-refractivity contribution >= 4 is 34.7 Å². The average molecular weight is 266 g/mol. The van der Waals surface area contributed by atoms with E-state index in [0.717, 1.165) is 0 Å². The van der Waals surface area contributed by atoms with Gasteiger partial charge in [-0.2, -0.15) is 0 Å². The number of hydrogen-bond donors (Lipinski definition) is 3. The monoisotopic (exact) mass is 266 g/mol. The summed E-state index contributed by atoms with van der Waals surface area (Å²) in [7, 11) is 0. The lowest BCUT2D eigenvalue weighted by molar-refractivity contribution is -0.117. The average Bonchev–Trinajstić information content (AvgIpc) is 2.26. The maximum Gasteiger partial charge on any atom is 0.236 e. The number of amides is 2. The fraction of sp³-hybridized carbons (Fsp3) is 0.182. The molecule has 7 heteroatoms. The predicted molar refractivity (Wildman–Crippen MR) is 72.9 cm³/mol. The third kappa shape index (κ3) is 3.70. The number of carbonyl (C=O) groups is 2. The highest BCUT2D eigenvalue weighted by Gasteiger charge is 2.16. The number of rotatable bonds is 6. The van der Waals surface area contributed by atoms with Crippen molar-refractivity contribution in [3.63, 3.8) is 0 Å². The van der Waals surface area contributed by atoms with Gasteiger partial charge in [0.25, 0.3) is 0 Å². The van der Waals surface area contributed by atoms with E-state index in [9.17, 15) is 9.59 Å². The van der Waals surface area contributed by atoms with Gasteiger partial charge in [-0.25, -0.2) is 0 Å². The standard InChI is InChI=1S/C11H14N4O2S/c12-9(16)5-15(6-10(13)17)8-4-2-1-3-7(8)11(14)18/h1-4H,5-6H2,(H2,12,16)(H2,13,17)(H2,14,18). The minimum Gasteiger partial charge on any atom is -0.389 e. The van der Waals surface area contributed by atoms with E-state index in [1.165, 1.54) is 4.90 Å². The van der Waals surface area contributed by atoms with Crippen molar-refractivity contribution in [2.45, 2.75) is 0 Å². The second kappa shape index (κ2) is 5.97. The molecule has 0 radical (unpaired) electrons. The first-order valence-corrected chi connectivity index (χ1v) is 5.53. The molecule has 0 aliphatic rings. The van der Waals surface area contributed by atoms with Gasteiger partial charge in [0, 0.05) is 11.3 Å². The Balaban J connectivity index is 3.15. The summed E-state index contributed by atoms with van der Waals surface area (Å²) >= 11 is 4.91. The Kier molecular flexibility index (Phi) is 4.61. The van der Waals surface area contributed by atoms with E-state index in [1.807, 2.05) is 0 Å². The summed E-state index contributed by atoms with van der Waals surface area (Å²) < 4.78 is 0. The highest BCUT2D eigenvalue weighted by molar-refractivity contribution is 7.80. The second-order valence-electron chi connectivity index (χ2n) is 3.67. The molecule has 6 N–H and O–H groups in total. The Hall–Kier alpha value is -2.15. The topological polar surface area (TPSA) is 115 Å². The maximum atomic E-state index is 11.0. The third-order valence-corrected chi connectivity index (χ3v) is 2.42. The summed E-state index contributed by atoms with van der Waals surface area (Å²) in [5.41, 5.74) is 17.0. The molecule has 6 nitrogen and oxygen atoms in total. The molecule has 1 rings (SSSR count). The summed E-state index contributed by atoms with van der Waals surface area (Å²) in [6.45, 7) is -0.273. The van der Waals surface area contributed by atoms with Crippen molar-refractivity contribution < 1.29 is 9.59 Å². The van der Waals surface area contributed by atoms with Crippen molar-refractivity contribution in [2.24, 2.45) is 17.2 Å². The van der Waals surface area contributed by atoms with Gasteiger partial charge < -0.3 is 22.1 Å². The van der Waals surface area contributed by atoms with Gasteiger partial charge >= 0.3 is 0 Å². The quantitative estimate of drug-likeness (QED) is 0.577. The van der Waals surface area contributed by atoms with E-state index < -0.39 is 11.8 Å². The van der Waals surface area contributed by atoms with Crippen LogP contribution in [0.15, 0.2) is 24.3 Å². The number of thiocarbonyl (C=S) groups is 1. The first-order valence-electron chi connectivity index (χ1n) is 5.12. The molecule has 1 aromatic rings. The number of carbonyl (C=O) groups excluding carboxylic acids is 2. The van der Waals surface area contributed by atoms with Crippen LogP contribution in [0.4, 0.5) is 5.69 Å². The SMILES string of the molecule is NC(=O)CN(CC(N)=O)c1ccccc1C(N)=S. The van der Waals surface area contributed by atoms with Crippen molar-refractivity contribution in [2.75, 3.05) is 18.0 Å². The Bertz CT molecular complexity index is 474. The van der Waals surface area contributed by atoms with Crippen molar-refractivity contribution in [1.29, 1.82) is 0 Å². The van der Waals surface area contributed by atoms with Gasteiger partial charge in [0.2, 0.25) is 11.8 Å². The number of primary amides is 2. The molecule has 0 aromatic heterocycles. The third-order valence-electron chi connectivity index (χ3n) is 2.20. The van der Waals surface area contributed by atoms with Crippen LogP contribution >= 0.6 is 12.2 Å². The normalized spacial score (nSPS) is 9.78. The number of nitrogens with two attached hydrogens (primary N) is 3. The molecule has 2 amide bonds. The van der Waals surface area contributed by atoms with Gasteiger partial charge in [0.15, 0.2) is 0 Å². The summed E-state index contributed by atoms with van der Waals surface area (Å²) in [5, 5.41) is 0. The van der Waals surface area contributed by atoms with Crippen molar-refractivity contribution in [1.82, 2.24) is 0 Å². The molecule has 0 saturated heterocycles. The van der Waals surface area contributed by atoms with Gasteiger partial charge in [0.1, 0.15) is 4.99 Å². The lowest BCUT2D eigenvalue weighted by Gasteiger charge is -2.24. The van der Waals surface area contributed by atoms with Gasteiger partial charge in [-0.05, 0) is 12.1 Å². The first kappa shape index (κ1) is 13.9. The maximum absolute atomic E-state index is 11.0.